The van der Waals surface area contributed by atoms with Gasteiger partial charge in [-0.25, -0.2) is 9.79 Å². The number of nitrogens with zero attached hydrogens (tertiary/aromatic N) is 2. The SMILES string of the molecule is CCOC(=O)C1=C(C)N=c2s/c(=C/c3cc(I)c(OCc4ccc(Cl)cc4Cl)c(OC)c3)c(=O)n2C1c1ccccc1. The van der Waals surface area contributed by atoms with E-state index in [9.17, 15) is 9.59 Å². The highest BCUT2D eigenvalue weighted by Gasteiger charge is 2.33. The molecule has 0 saturated carbocycles. The predicted molar refractivity (Wildman–Crippen MR) is 173 cm³/mol. The van der Waals surface area contributed by atoms with E-state index >= 15 is 0 Å². The summed E-state index contributed by atoms with van der Waals surface area (Å²) in [4.78, 5) is 32.1. The molecule has 2 heterocycles. The van der Waals surface area contributed by atoms with Crippen molar-refractivity contribution >= 4 is 69.2 Å². The number of rotatable bonds is 8. The molecule has 0 spiro atoms. The van der Waals surface area contributed by atoms with Crippen LogP contribution in [0.15, 0.2) is 81.7 Å². The van der Waals surface area contributed by atoms with Gasteiger partial charge in [-0.1, -0.05) is 70.9 Å². The molecule has 7 nitrogen and oxygen atoms in total. The van der Waals surface area contributed by atoms with E-state index in [2.05, 4.69) is 27.6 Å². The van der Waals surface area contributed by atoms with E-state index in [-0.39, 0.29) is 18.8 Å². The van der Waals surface area contributed by atoms with Crippen molar-refractivity contribution in [2.75, 3.05) is 13.7 Å². The Morgan fingerprint density at radius 2 is 1.90 bits per heavy atom. The summed E-state index contributed by atoms with van der Waals surface area (Å²) < 4.78 is 19.9. The molecule has 0 fully saturated rings. The second kappa shape index (κ2) is 13.0. The van der Waals surface area contributed by atoms with E-state index in [0.717, 1.165) is 20.3 Å². The van der Waals surface area contributed by atoms with Gasteiger partial charge in [-0.3, -0.25) is 9.36 Å². The normalized spacial score (nSPS) is 14.8. The minimum Gasteiger partial charge on any atom is -0.493 e. The first-order valence-electron chi connectivity index (χ1n) is 12.9. The Balaban J connectivity index is 1.56. The fraction of sp³-hybridized carbons (Fsp3) is 0.194. The first-order valence-corrected chi connectivity index (χ1v) is 15.6. The highest BCUT2D eigenvalue weighted by Crippen LogP contribution is 2.36. The lowest BCUT2D eigenvalue weighted by Gasteiger charge is -2.24. The number of ether oxygens (including phenoxy) is 3. The average Bonchev–Trinajstić information content (AvgIpc) is 3.26. The number of methoxy groups -OCH3 is 1. The summed E-state index contributed by atoms with van der Waals surface area (Å²) in [6.07, 6.45) is 1.79. The van der Waals surface area contributed by atoms with Gasteiger partial charge in [-0.05, 0) is 77.9 Å². The van der Waals surface area contributed by atoms with E-state index in [1.165, 1.54) is 11.3 Å². The van der Waals surface area contributed by atoms with Crippen LogP contribution in [0.5, 0.6) is 11.5 Å². The number of hydrogen-bond donors (Lipinski definition) is 0. The largest absolute Gasteiger partial charge is 0.493 e. The van der Waals surface area contributed by atoms with E-state index in [1.807, 2.05) is 48.5 Å². The molecular weight excluding hydrogens is 710 g/mol. The standard InChI is InChI=1S/C31H25Cl2IN2O5S/c1-4-40-30(38)26-17(2)35-31-36(27(26)19-8-6-5-7-9-19)29(37)25(42-31)14-18-12-23(34)28(24(13-18)39-3)41-16-20-10-11-21(32)15-22(20)33/h5-15,27H,4,16H2,1-3H3/b25-14+. The molecule has 0 bridgehead atoms. The van der Waals surface area contributed by atoms with Gasteiger partial charge in [0, 0.05) is 15.6 Å². The fourth-order valence-corrected chi connectivity index (χ4v) is 6.94. The molecule has 11 heteroatoms. The molecule has 0 N–H and O–H groups in total. The number of halogens is 3. The van der Waals surface area contributed by atoms with Crippen molar-refractivity contribution in [3.8, 4) is 11.5 Å². The number of thiazole rings is 1. The summed E-state index contributed by atoms with van der Waals surface area (Å²) in [5.41, 5.74) is 2.94. The number of carbonyl (C=O) groups is 1. The van der Waals surface area contributed by atoms with Crippen LogP contribution in [0.4, 0.5) is 0 Å². The van der Waals surface area contributed by atoms with Crippen LogP contribution in [0, 0.1) is 3.57 Å². The zero-order chi connectivity index (χ0) is 30.0. The zero-order valence-corrected chi connectivity index (χ0v) is 27.3. The quantitative estimate of drug-likeness (QED) is 0.157. The maximum atomic E-state index is 13.9. The molecule has 0 saturated heterocycles. The lowest BCUT2D eigenvalue weighted by Crippen LogP contribution is -2.39. The van der Waals surface area contributed by atoms with Gasteiger partial charge in [-0.15, -0.1) is 0 Å². The van der Waals surface area contributed by atoms with Crippen molar-refractivity contribution in [1.82, 2.24) is 4.57 Å². The molecule has 1 aliphatic rings. The summed E-state index contributed by atoms with van der Waals surface area (Å²) in [6, 6.07) is 17.7. The van der Waals surface area contributed by atoms with Gasteiger partial charge in [-0.2, -0.15) is 0 Å². The van der Waals surface area contributed by atoms with E-state index < -0.39 is 12.0 Å². The third-order valence-corrected chi connectivity index (χ3v) is 8.94. The van der Waals surface area contributed by atoms with Crippen molar-refractivity contribution in [2.45, 2.75) is 26.5 Å². The van der Waals surface area contributed by atoms with Gasteiger partial charge in [0.25, 0.3) is 5.56 Å². The Hall–Kier alpha value is -3.12. The van der Waals surface area contributed by atoms with Gasteiger partial charge in [0.1, 0.15) is 6.61 Å². The van der Waals surface area contributed by atoms with Gasteiger partial charge < -0.3 is 14.2 Å². The summed E-state index contributed by atoms with van der Waals surface area (Å²) in [5, 5.41) is 1.06. The highest BCUT2D eigenvalue weighted by molar-refractivity contribution is 14.1. The lowest BCUT2D eigenvalue weighted by molar-refractivity contribution is -0.139. The highest BCUT2D eigenvalue weighted by atomic mass is 127. The lowest BCUT2D eigenvalue weighted by atomic mass is 9.96. The molecule has 1 unspecified atom stereocenters. The molecule has 1 aliphatic heterocycles. The molecule has 0 aliphatic carbocycles. The van der Waals surface area contributed by atoms with Crippen LogP contribution in [0.25, 0.3) is 6.08 Å². The van der Waals surface area contributed by atoms with Crippen molar-refractivity contribution in [3.63, 3.8) is 0 Å². The third kappa shape index (κ3) is 6.15. The Morgan fingerprint density at radius 1 is 1.14 bits per heavy atom. The topological polar surface area (TPSA) is 79.1 Å². The molecule has 4 aromatic rings. The monoisotopic (exact) mass is 734 g/mol. The van der Waals surface area contributed by atoms with Crippen LogP contribution in [-0.2, 0) is 16.1 Å². The van der Waals surface area contributed by atoms with E-state index in [0.29, 0.717) is 42.1 Å². The molecule has 216 valence electrons. The smallest absolute Gasteiger partial charge is 0.338 e. The van der Waals surface area contributed by atoms with Crippen molar-refractivity contribution in [2.24, 2.45) is 4.99 Å². The molecule has 1 aromatic heterocycles. The summed E-state index contributed by atoms with van der Waals surface area (Å²) in [6.45, 7) is 3.96. The number of fused-ring (bicyclic) bond motifs is 1. The molecular formula is C31H25Cl2IN2O5S. The van der Waals surface area contributed by atoms with Crippen LogP contribution >= 0.6 is 57.1 Å². The van der Waals surface area contributed by atoms with Gasteiger partial charge in [0.2, 0.25) is 0 Å². The zero-order valence-electron chi connectivity index (χ0n) is 22.8. The first-order chi connectivity index (χ1) is 20.2. The Bertz CT molecular complexity index is 1890. The van der Waals surface area contributed by atoms with Crippen LogP contribution in [0.2, 0.25) is 10.0 Å². The number of benzene rings is 3. The average molecular weight is 735 g/mol. The second-order valence-electron chi connectivity index (χ2n) is 9.27. The maximum absolute atomic E-state index is 13.9. The molecule has 0 amide bonds. The van der Waals surface area contributed by atoms with Crippen molar-refractivity contribution in [1.29, 1.82) is 0 Å². The predicted octanol–water partition coefficient (Wildman–Crippen LogP) is 6.30. The van der Waals surface area contributed by atoms with Crippen LogP contribution < -0.4 is 24.4 Å². The fourth-order valence-electron chi connectivity index (χ4n) is 4.65. The van der Waals surface area contributed by atoms with Crippen LogP contribution in [-0.4, -0.2) is 24.3 Å². The molecule has 3 aromatic carbocycles. The number of allylic oxidation sites excluding steroid dienone is 1. The van der Waals surface area contributed by atoms with Crippen LogP contribution in [0.1, 0.15) is 36.6 Å². The summed E-state index contributed by atoms with van der Waals surface area (Å²) in [7, 11) is 1.56. The first kappa shape index (κ1) is 30.3. The third-order valence-electron chi connectivity index (χ3n) is 6.57. The second-order valence-corrected chi connectivity index (χ2v) is 12.3. The Morgan fingerprint density at radius 3 is 2.60 bits per heavy atom. The minimum atomic E-state index is -0.659. The summed E-state index contributed by atoms with van der Waals surface area (Å²) in [5.74, 6) is 0.576. The van der Waals surface area contributed by atoms with Gasteiger partial charge in [0.05, 0.1) is 39.1 Å². The molecule has 5 rings (SSSR count). The van der Waals surface area contributed by atoms with E-state index in [1.54, 1.807) is 43.7 Å². The minimum absolute atomic E-state index is 0.217. The van der Waals surface area contributed by atoms with Crippen molar-refractivity contribution < 1.29 is 19.0 Å². The molecule has 0 radical (unpaired) electrons. The number of carbonyl (C=O) groups excluding carboxylic acids is 1. The maximum Gasteiger partial charge on any atom is 0.338 e. The molecule has 1 atom stereocenters. The van der Waals surface area contributed by atoms with Gasteiger partial charge in [0.15, 0.2) is 16.3 Å². The number of aromatic nitrogens is 1. The number of esters is 1. The van der Waals surface area contributed by atoms with Crippen LogP contribution in [0.3, 0.4) is 0 Å². The van der Waals surface area contributed by atoms with Gasteiger partial charge >= 0.3 is 5.97 Å². The van der Waals surface area contributed by atoms with E-state index in [4.69, 9.17) is 37.4 Å². The summed E-state index contributed by atoms with van der Waals surface area (Å²) >= 11 is 15.8. The van der Waals surface area contributed by atoms with Crippen molar-refractivity contribution in [3.05, 3.63) is 122 Å². The Kier molecular flexibility index (Phi) is 9.41. The Labute approximate surface area is 269 Å². The molecule has 42 heavy (non-hydrogen) atoms. The number of hydrogen-bond acceptors (Lipinski definition) is 7.